The fourth-order valence-corrected chi connectivity index (χ4v) is 2.29. The van der Waals surface area contributed by atoms with Gasteiger partial charge in [-0.05, 0) is 31.0 Å². The highest BCUT2D eigenvalue weighted by Crippen LogP contribution is 2.18. The fourth-order valence-electron chi connectivity index (χ4n) is 2.29. The molecule has 104 valence electrons. The number of carbonyl (C=O) groups excluding carboxylic acids is 1. The van der Waals surface area contributed by atoms with Crippen LogP contribution in [0.15, 0.2) is 18.2 Å². The van der Waals surface area contributed by atoms with E-state index in [1.807, 2.05) is 19.1 Å². The van der Waals surface area contributed by atoms with Gasteiger partial charge in [-0.3, -0.25) is 4.79 Å². The third kappa shape index (κ3) is 4.04. The van der Waals surface area contributed by atoms with Crippen LogP contribution in [0, 0.1) is 13.8 Å². The van der Waals surface area contributed by atoms with E-state index in [1.54, 1.807) is 0 Å². The van der Waals surface area contributed by atoms with Gasteiger partial charge in [-0.15, -0.1) is 0 Å². The van der Waals surface area contributed by atoms with E-state index in [-0.39, 0.29) is 5.91 Å². The first kappa shape index (κ1) is 14.0. The van der Waals surface area contributed by atoms with Gasteiger partial charge in [0.1, 0.15) is 0 Å². The van der Waals surface area contributed by atoms with Crippen molar-refractivity contribution in [1.82, 2.24) is 10.2 Å². The van der Waals surface area contributed by atoms with Crippen molar-refractivity contribution >= 4 is 11.6 Å². The molecule has 0 spiro atoms. The predicted molar refractivity (Wildman–Crippen MR) is 78.5 cm³/mol. The van der Waals surface area contributed by atoms with Crippen molar-refractivity contribution in [3.05, 3.63) is 29.3 Å². The highest BCUT2D eigenvalue weighted by Gasteiger charge is 2.12. The van der Waals surface area contributed by atoms with Crippen molar-refractivity contribution < 1.29 is 4.79 Å². The van der Waals surface area contributed by atoms with Crippen LogP contribution in [0.1, 0.15) is 17.5 Å². The topological polar surface area (TPSA) is 44.4 Å². The normalized spacial score (nSPS) is 16.3. The average molecular weight is 261 g/mol. The lowest BCUT2D eigenvalue weighted by Gasteiger charge is -2.26. The van der Waals surface area contributed by atoms with Crippen molar-refractivity contribution in [1.29, 1.82) is 0 Å². The molecule has 1 amide bonds. The van der Waals surface area contributed by atoms with E-state index in [4.69, 9.17) is 0 Å². The number of nitrogens with one attached hydrogen (secondary N) is 2. The Kier molecular flexibility index (Phi) is 4.93. The minimum atomic E-state index is 0.104. The van der Waals surface area contributed by atoms with E-state index in [0.717, 1.165) is 44.0 Å². The molecule has 1 aliphatic heterocycles. The van der Waals surface area contributed by atoms with Gasteiger partial charge in [-0.2, -0.15) is 0 Å². The minimum Gasteiger partial charge on any atom is -0.326 e. The molecule has 1 fully saturated rings. The van der Waals surface area contributed by atoms with Crippen molar-refractivity contribution in [3.8, 4) is 0 Å². The van der Waals surface area contributed by atoms with Crippen LogP contribution in [-0.4, -0.2) is 43.5 Å². The molecule has 2 N–H and O–H groups in total. The van der Waals surface area contributed by atoms with Crippen LogP contribution < -0.4 is 10.6 Å². The van der Waals surface area contributed by atoms with Gasteiger partial charge in [-0.25, -0.2) is 0 Å². The molecule has 2 rings (SSSR count). The lowest BCUT2D eigenvalue weighted by Crippen LogP contribution is -2.44. The first-order valence-electron chi connectivity index (χ1n) is 6.96. The lowest BCUT2D eigenvalue weighted by molar-refractivity contribution is -0.116. The zero-order valence-corrected chi connectivity index (χ0v) is 11.8. The molecule has 4 nitrogen and oxygen atoms in total. The summed E-state index contributed by atoms with van der Waals surface area (Å²) in [5.41, 5.74) is 3.29. The van der Waals surface area contributed by atoms with Gasteiger partial charge in [0.2, 0.25) is 5.91 Å². The first-order valence-corrected chi connectivity index (χ1v) is 6.96. The summed E-state index contributed by atoms with van der Waals surface area (Å²) in [5.74, 6) is 0.104. The zero-order chi connectivity index (χ0) is 13.7. The monoisotopic (exact) mass is 261 g/mol. The van der Waals surface area contributed by atoms with E-state index >= 15 is 0 Å². The number of hydrogen-bond acceptors (Lipinski definition) is 3. The van der Waals surface area contributed by atoms with Gasteiger partial charge in [0.25, 0.3) is 0 Å². The van der Waals surface area contributed by atoms with Crippen LogP contribution in [0.3, 0.4) is 0 Å². The molecule has 1 aromatic carbocycles. The van der Waals surface area contributed by atoms with Gasteiger partial charge in [0.05, 0.1) is 0 Å². The summed E-state index contributed by atoms with van der Waals surface area (Å²) >= 11 is 0. The number of anilines is 1. The Morgan fingerprint density at radius 2 is 2.05 bits per heavy atom. The summed E-state index contributed by atoms with van der Waals surface area (Å²) in [6.45, 7) is 9.08. The average Bonchev–Trinajstić information content (AvgIpc) is 2.43. The summed E-state index contributed by atoms with van der Waals surface area (Å²) < 4.78 is 0. The molecule has 0 unspecified atom stereocenters. The number of hydrogen-bond donors (Lipinski definition) is 2. The lowest BCUT2D eigenvalue weighted by atomic mass is 10.1. The molecule has 0 bridgehead atoms. The maximum atomic E-state index is 12.0. The smallest absolute Gasteiger partial charge is 0.225 e. The molecule has 1 aromatic rings. The zero-order valence-electron chi connectivity index (χ0n) is 11.8. The number of aryl methyl sites for hydroxylation is 1. The van der Waals surface area contributed by atoms with Crippen LogP contribution >= 0.6 is 0 Å². The highest BCUT2D eigenvalue weighted by molar-refractivity contribution is 5.91. The predicted octanol–water partition coefficient (Wildman–Crippen LogP) is 1.54. The second-order valence-electron chi connectivity index (χ2n) is 5.14. The van der Waals surface area contributed by atoms with Crippen molar-refractivity contribution in [3.63, 3.8) is 0 Å². The maximum Gasteiger partial charge on any atom is 0.225 e. The molecular weight excluding hydrogens is 238 g/mol. The number of piperazine rings is 1. The molecule has 1 saturated heterocycles. The number of nitrogens with zero attached hydrogens (tertiary/aromatic N) is 1. The molecule has 0 radical (unpaired) electrons. The van der Waals surface area contributed by atoms with Crippen LogP contribution in [0.4, 0.5) is 5.69 Å². The minimum absolute atomic E-state index is 0.104. The Morgan fingerprint density at radius 1 is 1.32 bits per heavy atom. The molecule has 4 heteroatoms. The Bertz CT molecular complexity index is 439. The van der Waals surface area contributed by atoms with Crippen molar-refractivity contribution in [2.75, 3.05) is 38.0 Å². The van der Waals surface area contributed by atoms with Crippen LogP contribution in [0.25, 0.3) is 0 Å². The molecule has 0 aliphatic carbocycles. The van der Waals surface area contributed by atoms with E-state index in [1.165, 1.54) is 5.56 Å². The molecule has 0 atom stereocenters. The summed E-state index contributed by atoms with van der Waals surface area (Å²) in [5, 5.41) is 6.32. The molecular formula is C15H23N3O. The Balaban J connectivity index is 1.82. The number of rotatable bonds is 4. The standard InChI is InChI=1S/C15H23N3O/c1-12-4-3-5-14(13(12)2)17-15(19)6-9-18-10-7-16-8-11-18/h3-5,16H,6-11H2,1-2H3,(H,17,19). The van der Waals surface area contributed by atoms with Gasteiger partial charge in [0, 0.05) is 44.8 Å². The van der Waals surface area contributed by atoms with Crippen LogP contribution in [0.2, 0.25) is 0 Å². The van der Waals surface area contributed by atoms with Gasteiger partial charge < -0.3 is 15.5 Å². The molecule has 0 saturated carbocycles. The van der Waals surface area contributed by atoms with Gasteiger partial charge in [-0.1, -0.05) is 12.1 Å². The summed E-state index contributed by atoms with van der Waals surface area (Å²) in [6, 6.07) is 6.00. The highest BCUT2D eigenvalue weighted by atomic mass is 16.1. The quantitative estimate of drug-likeness (QED) is 0.864. The summed E-state index contributed by atoms with van der Waals surface area (Å²) in [4.78, 5) is 14.3. The van der Waals surface area contributed by atoms with Crippen molar-refractivity contribution in [2.24, 2.45) is 0 Å². The number of carbonyl (C=O) groups is 1. The third-order valence-corrected chi connectivity index (χ3v) is 3.74. The number of benzene rings is 1. The molecule has 19 heavy (non-hydrogen) atoms. The maximum absolute atomic E-state index is 12.0. The van der Waals surface area contributed by atoms with Crippen LogP contribution in [0.5, 0.6) is 0 Å². The second kappa shape index (κ2) is 6.68. The largest absolute Gasteiger partial charge is 0.326 e. The molecule has 1 heterocycles. The van der Waals surface area contributed by atoms with Crippen LogP contribution in [-0.2, 0) is 4.79 Å². The molecule has 0 aromatic heterocycles. The van der Waals surface area contributed by atoms with E-state index < -0.39 is 0 Å². The second-order valence-corrected chi connectivity index (χ2v) is 5.14. The fraction of sp³-hybridized carbons (Fsp3) is 0.533. The third-order valence-electron chi connectivity index (χ3n) is 3.74. The summed E-state index contributed by atoms with van der Waals surface area (Å²) in [6.07, 6.45) is 0.563. The van der Waals surface area contributed by atoms with Crippen molar-refractivity contribution in [2.45, 2.75) is 20.3 Å². The Hall–Kier alpha value is -1.39. The van der Waals surface area contributed by atoms with E-state index in [9.17, 15) is 4.79 Å². The molecule has 1 aliphatic rings. The van der Waals surface area contributed by atoms with Gasteiger partial charge >= 0.3 is 0 Å². The Morgan fingerprint density at radius 3 is 2.79 bits per heavy atom. The van der Waals surface area contributed by atoms with E-state index in [2.05, 4.69) is 28.5 Å². The number of amides is 1. The first-order chi connectivity index (χ1) is 9.16. The SMILES string of the molecule is Cc1cccc(NC(=O)CCN2CCNCC2)c1C. The van der Waals surface area contributed by atoms with E-state index in [0.29, 0.717) is 6.42 Å². The van der Waals surface area contributed by atoms with Gasteiger partial charge in [0.15, 0.2) is 0 Å². The Labute approximate surface area is 115 Å². The summed E-state index contributed by atoms with van der Waals surface area (Å²) in [7, 11) is 0.